The summed E-state index contributed by atoms with van der Waals surface area (Å²) in [7, 11) is 0. The predicted molar refractivity (Wildman–Crippen MR) is 218 cm³/mol. The fourth-order valence-corrected chi connectivity index (χ4v) is 8.70. The van der Waals surface area contributed by atoms with Crippen LogP contribution in [0.25, 0.3) is 22.3 Å². The number of carbonyl (C=O) groups excluding carboxylic acids is 6. The number of nitrogens with zero attached hydrogens (tertiary/aromatic N) is 2. The molecule has 0 radical (unpaired) electrons. The minimum Gasteiger partial charge on any atom is -0.481 e. The molecule has 0 unspecified atom stereocenters. The molecule has 19 nitrogen and oxygen atoms in total. The van der Waals surface area contributed by atoms with Crippen LogP contribution in [0.2, 0.25) is 0 Å². The van der Waals surface area contributed by atoms with Gasteiger partial charge in [-0.3, -0.25) is 33.6 Å². The van der Waals surface area contributed by atoms with Crippen LogP contribution in [0, 0.1) is 18.7 Å². The first-order valence-corrected chi connectivity index (χ1v) is 21.3. The fraction of sp³-hybridized carbons (Fsp3) is 0.488. The van der Waals surface area contributed by atoms with Crippen LogP contribution >= 0.6 is 15.9 Å². The Labute approximate surface area is 361 Å². The molecule has 3 atom stereocenters. The van der Waals surface area contributed by atoms with Crippen LogP contribution in [0.4, 0.5) is 4.39 Å². The highest BCUT2D eigenvalue weighted by molar-refractivity contribution is 9.09. The number of aryl methyl sites for hydroxylation is 1. The van der Waals surface area contributed by atoms with Crippen molar-refractivity contribution in [2.24, 2.45) is 5.92 Å². The van der Waals surface area contributed by atoms with Crippen molar-refractivity contribution in [3.05, 3.63) is 61.7 Å². The molecule has 0 saturated heterocycles. The minimum absolute atomic E-state index is 0.0277. The van der Waals surface area contributed by atoms with Gasteiger partial charge in [-0.05, 0) is 68.2 Å². The van der Waals surface area contributed by atoms with Crippen LogP contribution < -0.4 is 32.1 Å². The lowest BCUT2D eigenvalue weighted by atomic mass is 9.79. The summed E-state index contributed by atoms with van der Waals surface area (Å²) in [6.07, 6.45) is 0.533. The van der Waals surface area contributed by atoms with Crippen LogP contribution in [-0.2, 0) is 68.2 Å². The second kappa shape index (κ2) is 17.9. The van der Waals surface area contributed by atoms with Gasteiger partial charge in [0.2, 0.25) is 29.5 Å². The van der Waals surface area contributed by atoms with E-state index in [9.17, 15) is 43.5 Å². The van der Waals surface area contributed by atoms with Gasteiger partial charge in [0, 0.05) is 34.9 Å². The summed E-state index contributed by atoms with van der Waals surface area (Å²) < 4.78 is 27.8. The molecule has 7 N–H and O–H groups in total. The Hall–Kier alpha value is -5.80. The average Bonchev–Trinajstić information content (AvgIpc) is 3.60. The molecule has 3 aromatic rings. The Morgan fingerprint density at radius 2 is 1.79 bits per heavy atom. The lowest BCUT2D eigenvalue weighted by Crippen LogP contribution is -2.51. The van der Waals surface area contributed by atoms with E-state index >= 15 is 4.39 Å². The van der Waals surface area contributed by atoms with Gasteiger partial charge >= 0.3 is 11.9 Å². The summed E-state index contributed by atoms with van der Waals surface area (Å²) in [5.41, 5.74) is 1.64. The number of nitrogens with one attached hydrogen (secondary N) is 5. The highest BCUT2D eigenvalue weighted by Gasteiger charge is 2.46. The van der Waals surface area contributed by atoms with Gasteiger partial charge < -0.3 is 50.8 Å². The van der Waals surface area contributed by atoms with Crippen molar-refractivity contribution in [1.82, 2.24) is 36.1 Å². The number of carboxylic acid groups (broad SMARTS) is 1. The van der Waals surface area contributed by atoms with Gasteiger partial charge in [-0.1, -0.05) is 22.9 Å². The van der Waals surface area contributed by atoms with E-state index in [1.807, 2.05) is 0 Å². The molecule has 330 valence electrons. The lowest BCUT2D eigenvalue weighted by molar-refractivity contribution is -0.172. The number of carbonyl (C=O) groups is 7. The zero-order valence-corrected chi connectivity index (χ0v) is 35.4. The van der Waals surface area contributed by atoms with E-state index in [1.165, 1.54) is 10.6 Å². The molecule has 2 aliphatic heterocycles. The first-order chi connectivity index (χ1) is 29.5. The predicted octanol–water partition coefficient (Wildman–Crippen LogP) is 0.476. The van der Waals surface area contributed by atoms with Gasteiger partial charge in [-0.15, -0.1) is 0 Å². The first-order valence-electron chi connectivity index (χ1n) is 20.2. The van der Waals surface area contributed by atoms with Gasteiger partial charge in [0.15, 0.2) is 5.60 Å². The zero-order chi connectivity index (χ0) is 44.6. The molecule has 0 bridgehead atoms. The van der Waals surface area contributed by atoms with Crippen LogP contribution in [0.5, 0.6) is 0 Å². The molecule has 5 amide bonds. The van der Waals surface area contributed by atoms with Crippen LogP contribution in [0.3, 0.4) is 0 Å². The van der Waals surface area contributed by atoms with Crippen molar-refractivity contribution in [3.63, 3.8) is 0 Å². The maximum absolute atomic E-state index is 15.3. The topological polar surface area (TPSA) is 273 Å². The Morgan fingerprint density at radius 1 is 1.05 bits per heavy atom. The third kappa shape index (κ3) is 8.52. The third-order valence-electron chi connectivity index (χ3n) is 12.0. The van der Waals surface area contributed by atoms with E-state index in [-0.39, 0.29) is 61.2 Å². The molecule has 1 aromatic carbocycles. The van der Waals surface area contributed by atoms with Crippen molar-refractivity contribution in [3.8, 4) is 11.4 Å². The molecule has 1 saturated carbocycles. The van der Waals surface area contributed by atoms with Gasteiger partial charge in [-0.2, -0.15) is 0 Å². The number of esters is 1. The summed E-state index contributed by atoms with van der Waals surface area (Å²) in [5, 5.41) is 33.7. The number of pyridine rings is 2. The monoisotopic (exact) mass is 925 g/mol. The Morgan fingerprint density at radius 3 is 2.50 bits per heavy atom. The second-order valence-electron chi connectivity index (χ2n) is 15.8. The smallest absolute Gasteiger partial charge is 0.343 e. The lowest BCUT2D eigenvalue weighted by Gasteiger charge is -2.36. The van der Waals surface area contributed by atoms with Gasteiger partial charge in [0.1, 0.15) is 25.2 Å². The molecule has 0 spiro atoms. The molecule has 21 heteroatoms. The van der Waals surface area contributed by atoms with Gasteiger partial charge in [0.05, 0.1) is 59.6 Å². The SMILES string of the molecule is CC[C@@]1(O)C(=O)OCc2c1cc1n(c2=O)Cc2c-1nc1cc(F)c(C)c3c1c2[C@@H](NC(=O)[C@H]1C[C@@H](OCNC(=O)CNC(=O)[C@H](CCC(=O)O)NC(=O)CNC(=O)CBr)C1)CC3. The third-order valence-corrected chi connectivity index (χ3v) is 12.5. The number of alkyl halides is 1. The summed E-state index contributed by atoms with van der Waals surface area (Å²) in [5.74, 6) is -5.76. The highest BCUT2D eigenvalue weighted by atomic mass is 79.9. The molecule has 4 heterocycles. The van der Waals surface area contributed by atoms with Crippen molar-refractivity contribution in [1.29, 1.82) is 0 Å². The van der Waals surface area contributed by atoms with E-state index in [0.717, 1.165) is 11.1 Å². The molecular formula is C41H45BrFN7O12. The van der Waals surface area contributed by atoms with E-state index in [0.29, 0.717) is 59.1 Å². The maximum atomic E-state index is 15.3. The number of fused-ring (bicyclic) bond motifs is 5. The molecule has 2 aromatic heterocycles. The van der Waals surface area contributed by atoms with Crippen molar-refractivity contribution in [2.75, 3.05) is 25.2 Å². The van der Waals surface area contributed by atoms with Gasteiger partial charge in [0.25, 0.3) is 5.56 Å². The first kappa shape index (κ1) is 44.3. The quantitative estimate of drug-likeness (QED) is 0.0458. The number of ether oxygens (including phenoxy) is 2. The normalized spacial score (nSPS) is 21.0. The van der Waals surface area contributed by atoms with Crippen LogP contribution in [-0.4, -0.2) is 98.5 Å². The number of carboxylic acids is 1. The van der Waals surface area contributed by atoms with Crippen molar-refractivity contribution in [2.45, 2.75) is 95.7 Å². The van der Waals surface area contributed by atoms with E-state index in [2.05, 4.69) is 42.5 Å². The van der Waals surface area contributed by atoms with E-state index in [1.54, 1.807) is 19.9 Å². The molecule has 2 aliphatic carbocycles. The van der Waals surface area contributed by atoms with E-state index < -0.39 is 90.1 Å². The Bertz CT molecular complexity index is 2470. The number of cyclic esters (lactones) is 1. The molecule has 7 rings (SSSR count). The van der Waals surface area contributed by atoms with Crippen molar-refractivity contribution < 1.29 is 57.6 Å². The second-order valence-corrected chi connectivity index (χ2v) is 16.4. The number of amides is 5. The highest BCUT2D eigenvalue weighted by Crippen LogP contribution is 2.46. The van der Waals surface area contributed by atoms with Crippen LogP contribution in [0.1, 0.15) is 84.9 Å². The van der Waals surface area contributed by atoms with Gasteiger partial charge in [-0.25, -0.2) is 14.2 Å². The molecule has 1 fully saturated rings. The number of aliphatic carboxylic acids is 1. The van der Waals surface area contributed by atoms with Crippen LogP contribution in [0.15, 0.2) is 16.9 Å². The number of hydrogen-bond donors (Lipinski definition) is 7. The number of rotatable bonds is 16. The standard InChI is InChI=1S/C41H45BrFN7O12/c1-3-41(60)24-10-29-36-22(15-50(29)39(58)23(24)16-61-40(41)59)35-26(5-4-21-18(2)25(43)11-28(48-36)34(21)35)49-37(56)19-8-20(9-19)62-17-46-31(52)13-45-38(57)27(6-7-33(54)55)47-32(53)14-44-30(51)12-42/h10-11,19-20,26-27,60H,3-9,12-17H2,1-2H3,(H,44,51)(H,45,57)(H,46,52)(H,47,53)(H,49,56)(H,54,55)/t19-,20+,26-,27-,41-/m0/s1. The largest absolute Gasteiger partial charge is 0.481 e. The number of halogens is 2. The van der Waals surface area contributed by atoms with E-state index in [4.69, 9.17) is 19.6 Å². The summed E-state index contributed by atoms with van der Waals surface area (Å²) in [4.78, 5) is 105. The number of hydrogen-bond acceptors (Lipinski definition) is 12. The molecule has 4 aliphatic rings. The number of benzene rings is 1. The fourth-order valence-electron chi connectivity index (χ4n) is 8.51. The molecule has 62 heavy (non-hydrogen) atoms. The zero-order valence-electron chi connectivity index (χ0n) is 33.8. The summed E-state index contributed by atoms with van der Waals surface area (Å²) in [6, 6.07) is 1.15. The molecular weight excluding hydrogens is 881 g/mol. The minimum atomic E-state index is -2.02. The van der Waals surface area contributed by atoms with Crippen molar-refractivity contribution >= 4 is 68.3 Å². The Kier molecular flexibility index (Phi) is 12.8. The number of aliphatic hydroxyl groups is 1. The maximum Gasteiger partial charge on any atom is 0.343 e. The Balaban J connectivity index is 0.967. The summed E-state index contributed by atoms with van der Waals surface area (Å²) >= 11 is 2.94. The summed E-state index contributed by atoms with van der Waals surface area (Å²) in [6.45, 7) is 1.95. The number of aromatic nitrogens is 2. The average molecular weight is 927 g/mol.